The average Bonchev–Trinajstić information content (AvgIpc) is 3.10. The molecule has 1 heterocycles. The Hall–Kier alpha value is -1.27. The smallest absolute Gasteiger partial charge is 0.220 e. The van der Waals surface area contributed by atoms with Crippen LogP contribution in [0.4, 0.5) is 0 Å². The van der Waals surface area contributed by atoms with Crippen LogP contribution < -0.4 is 11.1 Å². The van der Waals surface area contributed by atoms with Crippen LogP contribution in [0.3, 0.4) is 0 Å². The van der Waals surface area contributed by atoms with Gasteiger partial charge in [-0.05, 0) is 49.7 Å². The number of fused-ring (bicyclic) bond motifs is 2. The third-order valence-corrected chi connectivity index (χ3v) is 6.29. The van der Waals surface area contributed by atoms with Crippen LogP contribution in [0, 0.1) is 11.8 Å². The van der Waals surface area contributed by atoms with Gasteiger partial charge < -0.3 is 15.5 Å². The van der Waals surface area contributed by atoms with Crippen LogP contribution in [0.2, 0.25) is 5.02 Å². The number of aromatic nitrogens is 1. The third-order valence-electron chi connectivity index (χ3n) is 5.96. The van der Waals surface area contributed by atoms with E-state index in [0.717, 1.165) is 18.4 Å². The Morgan fingerprint density at radius 2 is 1.90 bits per heavy atom. The fourth-order valence-corrected chi connectivity index (χ4v) is 4.94. The summed E-state index contributed by atoms with van der Waals surface area (Å²) in [6, 6.07) is 8.08. The lowest BCUT2D eigenvalue weighted by Crippen LogP contribution is -2.53. The van der Waals surface area contributed by atoms with Crippen molar-refractivity contribution in [3.8, 4) is 11.3 Å². The van der Waals surface area contributed by atoms with Gasteiger partial charge in [-0.15, -0.1) is 24.8 Å². The van der Waals surface area contributed by atoms with E-state index >= 15 is 0 Å². The Bertz CT molecular complexity index is 800. The van der Waals surface area contributed by atoms with E-state index in [-0.39, 0.29) is 36.8 Å². The van der Waals surface area contributed by atoms with Gasteiger partial charge in [0, 0.05) is 30.5 Å². The zero-order valence-electron chi connectivity index (χ0n) is 16.2. The monoisotopic (exact) mass is 459 g/mol. The largest absolute Gasteiger partial charge is 0.441 e. The fraction of sp³-hybridized carbons (Fsp3) is 0.524. The first-order valence-corrected chi connectivity index (χ1v) is 10.2. The molecule has 2 bridgehead atoms. The molecule has 0 aliphatic heterocycles. The van der Waals surface area contributed by atoms with E-state index in [0.29, 0.717) is 47.4 Å². The van der Waals surface area contributed by atoms with Gasteiger partial charge in [0.1, 0.15) is 0 Å². The predicted octanol–water partition coefficient (Wildman–Crippen LogP) is 4.79. The molecule has 3 N–H and O–H groups in total. The summed E-state index contributed by atoms with van der Waals surface area (Å²) in [6.45, 7) is 0. The van der Waals surface area contributed by atoms with Crippen molar-refractivity contribution in [3.63, 3.8) is 0 Å². The number of nitrogens with zero attached hydrogens (tertiary/aromatic N) is 1. The standard InChI is InChI=1S/C21H26ClN3O2.2ClH/c22-17-7-2-1-6-16(17)18-12-24-20(27-18)9-8-19(26)25-21-13-4-3-5-14(21)11-15(23)10-13;;/h1-2,6-7,12-15,21H,3-5,8-11,23H2,(H,25,26);2*1H. The zero-order chi connectivity index (χ0) is 18.8. The van der Waals surface area contributed by atoms with Crippen molar-refractivity contribution in [2.45, 2.75) is 57.0 Å². The number of aryl methyl sites for hydroxylation is 1. The number of amides is 1. The van der Waals surface area contributed by atoms with E-state index in [1.54, 1.807) is 6.20 Å². The molecule has 160 valence electrons. The minimum Gasteiger partial charge on any atom is -0.441 e. The summed E-state index contributed by atoms with van der Waals surface area (Å²) in [5.74, 6) is 2.33. The molecule has 5 nitrogen and oxygen atoms in total. The first-order valence-electron chi connectivity index (χ1n) is 9.84. The van der Waals surface area contributed by atoms with Crippen LogP contribution in [0.15, 0.2) is 34.9 Å². The van der Waals surface area contributed by atoms with Gasteiger partial charge in [0.15, 0.2) is 11.7 Å². The van der Waals surface area contributed by atoms with Gasteiger partial charge in [0.05, 0.1) is 11.2 Å². The molecule has 2 saturated carbocycles. The van der Waals surface area contributed by atoms with Crippen LogP contribution in [-0.2, 0) is 11.2 Å². The summed E-state index contributed by atoms with van der Waals surface area (Å²) < 4.78 is 5.79. The summed E-state index contributed by atoms with van der Waals surface area (Å²) in [5, 5.41) is 3.90. The number of carbonyl (C=O) groups is 1. The quantitative estimate of drug-likeness (QED) is 0.672. The number of hydrogen-bond donors (Lipinski definition) is 2. The molecule has 4 rings (SSSR count). The van der Waals surface area contributed by atoms with Crippen molar-refractivity contribution in [1.29, 1.82) is 0 Å². The van der Waals surface area contributed by atoms with Gasteiger partial charge in [0.2, 0.25) is 5.91 Å². The number of nitrogens with two attached hydrogens (primary N) is 1. The van der Waals surface area contributed by atoms with Crippen LogP contribution in [0.1, 0.15) is 44.4 Å². The summed E-state index contributed by atoms with van der Waals surface area (Å²) in [6.07, 6.45) is 8.20. The van der Waals surface area contributed by atoms with Crippen LogP contribution in [0.5, 0.6) is 0 Å². The second kappa shape index (κ2) is 10.7. The molecule has 29 heavy (non-hydrogen) atoms. The van der Waals surface area contributed by atoms with Gasteiger partial charge in [-0.3, -0.25) is 4.79 Å². The molecule has 2 aliphatic rings. The molecule has 1 aromatic heterocycles. The highest BCUT2D eigenvalue weighted by Crippen LogP contribution is 2.39. The molecule has 2 unspecified atom stereocenters. The number of hydrogen-bond acceptors (Lipinski definition) is 4. The van der Waals surface area contributed by atoms with E-state index < -0.39 is 0 Å². The molecule has 8 heteroatoms. The normalized spacial score (nSPS) is 25.4. The summed E-state index contributed by atoms with van der Waals surface area (Å²) in [5.41, 5.74) is 6.98. The number of rotatable bonds is 5. The number of oxazole rings is 1. The van der Waals surface area contributed by atoms with Crippen molar-refractivity contribution in [1.82, 2.24) is 10.3 Å². The highest BCUT2D eigenvalue weighted by Gasteiger charge is 2.39. The maximum Gasteiger partial charge on any atom is 0.220 e. The minimum atomic E-state index is 0. The molecule has 1 aromatic carbocycles. The maximum absolute atomic E-state index is 12.5. The lowest BCUT2D eigenvalue weighted by Gasteiger charge is -2.45. The molecular weight excluding hydrogens is 433 g/mol. The van der Waals surface area contributed by atoms with Crippen LogP contribution in [0.25, 0.3) is 11.3 Å². The fourth-order valence-electron chi connectivity index (χ4n) is 4.71. The Morgan fingerprint density at radius 3 is 2.59 bits per heavy atom. The highest BCUT2D eigenvalue weighted by molar-refractivity contribution is 6.33. The molecule has 2 aliphatic carbocycles. The van der Waals surface area contributed by atoms with Gasteiger partial charge >= 0.3 is 0 Å². The molecule has 2 aromatic rings. The summed E-state index contributed by atoms with van der Waals surface area (Å²) in [7, 11) is 0. The third kappa shape index (κ3) is 5.66. The van der Waals surface area contributed by atoms with E-state index in [1.165, 1.54) is 19.3 Å². The molecular formula is C21H28Cl3N3O2. The van der Waals surface area contributed by atoms with Crippen LogP contribution >= 0.6 is 36.4 Å². The van der Waals surface area contributed by atoms with Crippen molar-refractivity contribution in [2.75, 3.05) is 0 Å². The Balaban J connectivity index is 0.00000150. The number of nitrogens with one attached hydrogen (secondary N) is 1. The Morgan fingerprint density at radius 1 is 1.21 bits per heavy atom. The lowest BCUT2D eigenvalue weighted by molar-refractivity contribution is -0.123. The lowest BCUT2D eigenvalue weighted by atomic mass is 9.67. The first-order chi connectivity index (χ1) is 13.1. The van der Waals surface area contributed by atoms with Crippen molar-refractivity contribution >= 4 is 42.3 Å². The van der Waals surface area contributed by atoms with E-state index in [2.05, 4.69) is 10.3 Å². The topological polar surface area (TPSA) is 81.1 Å². The summed E-state index contributed by atoms with van der Waals surface area (Å²) in [4.78, 5) is 16.8. The first kappa shape index (κ1) is 24.0. The number of halogens is 3. The van der Waals surface area contributed by atoms with Gasteiger partial charge in [-0.2, -0.15) is 0 Å². The molecule has 0 saturated heterocycles. The SMILES string of the molecule is Cl.Cl.NC1CC2CCCC(C1)C2NC(=O)CCc1ncc(-c2ccccc2Cl)o1. The molecule has 2 fully saturated rings. The number of benzene rings is 1. The average molecular weight is 461 g/mol. The summed E-state index contributed by atoms with van der Waals surface area (Å²) >= 11 is 6.20. The molecule has 1 amide bonds. The number of carbonyl (C=O) groups excluding carboxylic acids is 1. The maximum atomic E-state index is 12.5. The van der Waals surface area contributed by atoms with Crippen molar-refractivity contribution in [2.24, 2.45) is 17.6 Å². The second-order valence-corrected chi connectivity index (χ2v) is 8.28. The van der Waals surface area contributed by atoms with E-state index in [1.807, 2.05) is 24.3 Å². The van der Waals surface area contributed by atoms with Gasteiger partial charge in [-0.25, -0.2) is 4.98 Å². The molecule has 0 spiro atoms. The zero-order valence-corrected chi connectivity index (χ0v) is 18.6. The Kier molecular flexibility index (Phi) is 8.83. The van der Waals surface area contributed by atoms with Crippen molar-refractivity contribution < 1.29 is 9.21 Å². The second-order valence-electron chi connectivity index (χ2n) is 7.87. The van der Waals surface area contributed by atoms with Crippen molar-refractivity contribution in [3.05, 3.63) is 41.4 Å². The van der Waals surface area contributed by atoms with Crippen LogP contribution in [-0.4, -0.2) is 23.0 Å². The van der Waals surface area contributed by atoms with E-state index in [9.17, 15) is 4.79 Å². The Labute approximate surface area is 189 Å². The predicted molar refractivity (Wildman–Crippen MR) is 120 cm³/mol. The molecule has 0 radical (unpaired) electrons. The highest BCUT2D eigenvalue weighted by atomic mass is 35.5. The van der Waals surface area contributed by atoms with E-state index in [4.69, 9.17) is 21.8 Å². The molecule has 2 atom stereocenters. The van der Waals surface area contributed by atoms with Gasteiger partial charge in [-0.1, -0.05) is 30.2 Å². The minimum absolute atomic E-state index is 0. The van der Waals surface area contributed by atoms with Gasteiger partial charge in [0.25, 0.3) is 0 Å².